The van der Waals surface area contributed by atoms with E-state index in [1.165, 1.54) is 13.2 Å². The standard InChI is InChI=1S/C14H18N8O2/c1-22(5-3-4-15)14-18-10-6-9(13(23)20-21-17)11(24-2)7-8(10)12(16)19-14/h6-7H,3-5,15H2,1-2H3,(H2,16,18,19). The van der Waals surface area contributed by atoms with Crippen LogP contribution in [-0.4, -0.2) is 43.1 Å². The van der Waals surface area contributed by atoms with Crippen molar-refractivity contribution in [3.8, 4) is 5.75 Å². The second kappa shape index (κ2) is 7.44. The fraction of sp³-hybridized carbons (Fsp3) is 0.357. The van der Waals surface area contributed by atoms with Crippen molar-refractivity contribution >= 4 is 28.6 Å². The molecule has 1 aromatic carbocycles. The average Bonchev–Trinajstić information content (AvgIpc) is 2.58. The number of benzene rings is 1. The normalized spacial score (nSPS) is 10.3. The molecule has 4 N–H and O–H groups in total. The van der Waals surface area contributed by atoms with Gasteiger partial charge >= 0.3 is 0 Å². The Morgan fingerprint density at radius 2 is 2.21 bits per heavy atom. The van der Waals surface area contributed by atoms with Crippen molar-refractivity contribution in [1.82, 2.24) is 9.97 Å². The van der Waals surface area contributed by atoms with Crippen molar-refractivity contribution in [3.05, 3.63) is 28.1 Å². The molecule has 2 rings (SSSR count). The van der Waals surface area contributed by atoms with Crippen molar-refractivity contribution in [3.63, 3.8) is 0 Å². The summed E-state index contributed by atoms with van der Waals surface area (Å²) in [4.78, 5) is 24.9. The van der Waals surface area contributed by atoms with Crippen LogP contribution in [0.15, 0.2) is 17.2 Å². The summed E-state index contributed by atoms with van der Waals surface area (Å²) in [5, 5.41) is 3.64. The Morgan fingerprint density at radius 3 is 2.83 bits per heavy atom. The van der Waals surface area contributed by atoms with Crippen LogP contribution in [0.25, 0.3) is 21.3 Å². The van der Waals surface area contributed by atoms with Gasteiger partial charge in [-0.25, -0.2) is 4.98 Å². The number of nitrogen functional groups attached to an aromatic ring is 1. The molecule has 0 aliphatic carbocycles. The average molecular weight is 330 g/mol. The summed E-state index contributed by atoms with van der Waals surface area (Å²) in [5.41, 5.74) is 20.5. The third-order valence-corrected chi connectivity index (χ3v) is 3.44. The van der Waals surface area contributed by atoms with Gasteiger partial charge in [0.15, 0.2) is 0 Å². The van der Waals surface area contributed by atoms with Gasteiger partial charge < -0.3 is 21.1 Å². The van der Waals surface area contributed by atoms with E-state index in [9.17, 15) is 4.79 Å². The lowest BCUT2D eigenvalue weighted by Gasteiger charge is -2.18. The molecule has 0 atom stereocenters. The van der Waals surface area contributed by atoms with E-state index in [1.54, 1.807) is 6.07 Å². The number of nitrogens with zero attached hydrogens (tertiary/aromatic N) is 6. The maximum absolute atomic E-state index is 11.9. The highest BCUT2D eigenvalue weighted by Gasteiger charge is 2.16. The third-order valence-electron chi connectivity index (χ3n) is 3.44. The number of azide groups is 1. The summed E-state index contributed by atoms with van der Waals surface area (Å²) in [6.45, 7) is 1.22. The summed E-state index contributed by atoms with van der Waals surface area (Å²) in [6, 6.07) is 3.03. The first kappa shape index (κ1) is 17.3. The molecule has 0 saturated carbocycles. The predicted octanol–water partition coefficient (Wildman–Crippen LogP) is 1.46. The van der Waals surface area contributed by atoms with E-state index in [1.807, 2.05) is 11.9 Å². The summed E-state index contributed by atoms with van der Waals surface area (Å²) in [5.74, 6) is 0.155. The minimum absolute atomic E-state index is 0.108. The van der Waals surface area contributed by atoms with Gasteiger partial charge in [-0.1, -0.05) is 0 Å². The van der Waals surface area contributed by atoms with Gasteiger partial charge in [-0.15, -0.1) is 0 Å². The zero-order chi connectivity index (χ0) is 17.7. The zero-order valence-corrected chi connectivity index (χ0v) is 13.4. The molecule has 126 valence electrons. The van der Waals surface area contributed by atoms with Crippen LogP contribution >= 0.6 is 0 Å². The van der Waals surface area contributed by atoms with Gasteiger partial charge in [0.2, 0.25) is 5.95 Å². The van der Waals surface area contributed by atoms with Crippen LogP contribution in [0.4, 0.5) is 11.8 Å². The molecule has 10 heteroatoms. The molecule has 1 amide bonds. The molecular formula is C14H18N8O2. The summed E-state index contributed by atoms with van der Waals surface area (Å²) in [7, 11) is 3.23. The second-order valence-electron chi connectivity index (χ2n) is 5.04. The molecule has 0 unspecified atom stereocenters. The first-order valence-corrected chi connectivity index (χ1v) is 7.17. The van der Waals surface area contributed by atoms with Gasteiger partial charge in [-0.3, -0.25) is 4.79 Å². The van der Waals surface area contributed by atoms with Crippen LogP contribution < -0.4 is 21.1 Å². The number of anilines is 2. The Morgan fingerprint density at radius 1 is 1.46 bits per heavy atom. The Hall–Kier alpha value is -3.10. The Kier molecular flexibility index (Phi) is 5.35. The quantitative estimate of drug-likeness (QED) is 0.461. The number of ether oxygens (including phenoxy) is 1. The van der Waals surface area contributed by atoms with Crippen molar-refractivity contribution in [2.24, 2.45) is 10.8 Å². The number of carbonyl (C=O) groups excluding carboxylic acids is 1. The first-order chi connectivity index (χ1) is 11.5. The van der Waals surface area contributed by atoms with E-state index in [2.05, 4.69) is 20.0 Å². The van der Waals surface area contributed by atoms with Gasteiger partial charge in [0, 0.05) is 23.9 Å². The van der Waals surface area contributed by atoms with Crippen LogP contribution in [-0.2, 0) is 0 Å². The van der Waals surface area contributed by atoms with Gasteiger partial charge in [-0.2, -0.15) is 4.98 Å². The topological polar surface area (TPSA) is 156 Å². The molecule has 0 aliphatic heterocycles. The number of aromatic nitrogens is 2. The van der Waals surface area contributed by atoms with E-state index < -0.39 is 5.91 Å². The van der Waals surface area contributed by atoms with E-state index in [0.29, 0.717) is 29.9 Å². The van der Waals surface area contributed by atoms with Crippen molar-refractivity contribution in [2.45, 2.75) is 6.42 Å². The number of hydrogen-bond acceptors (Lipinski definition) is 7. The number of fused-ring (bicyclic) bond motifs is 1. The fourth-order valence-corrected chi connectivity index (χ4v) is 2.20. The van der Waals surface area contributed by atoms with Crippen LogP contribution in [0.3, 0.4) is 0 Å². The van der Waals surface area contributed by atoms with Gasteiger partial charge in [0.25, 0.3) is 5.91 Å². The van der Waals surface area contributed by atoms with Crippen LogP contribution in [0.2, 0.25) is 0 Å². The van der Waals surface area contributed by atoms with Crippen molar-refractivity contribution in [2.75, 3.05) is 37.9 Å². The zero-order valence-electron chi connectivity index (χ0n) is 13.4. The maximum Gasteiger partial charge on any atom is 0.252 e. The highest BCUT2D eigenvalue weighted by Crippen LogP contribution is 2.29. The SMILES string of the molecule is COc1cc2c(N)nc(N(C)CCCN)nc2cc1C(=O)N=[N+]=[N-]. The summed E-state index contributed by atoms with van der Waals surface area (Å²) < 4.78 is 5.17. The molecule has 10 nitrogen and oxygen atoms in total. The fourth-order valence-electron chi connectivity index (χ4n) is 2.20. The predicted molar refractivity (Wildman–Crippen MR) is 90.9 cm³/mol. The molecule has 1 heterocycles. The molecule has 2 aromatic rings. The van der Waals surface area contributed by atoms with E-state index in [0.717, 1.165) is 6.42 Å². The molecule has 0 spiro atoms. The van der Waals surface area contributed by atoms with Crippen molar-refractivity contribution < 1.29 is 9.53 Å². The third kappa shape index (κ3) is 3.45. The lowest BCUT2D eigenvalue weighted by Crippen LogP contribution is -2.23. The van der Waals surface area contributed by atoms with E-state index in [-0.39, 0.29) is 17.1 Å². The monoisotopic (exact) mass is 330 g/mol. The molecule has 1 aromatic heterocycles. The van der Waals surface area contributed by atoms with Gasteiger partial charge in [0.1, 0.15) is 11.6 Å². The maximum atomic E-state index is 11.9. The van der Waals surface area contributed by atoms with Crippen LogP contribution in [0, 0.1) is 0 Å². The lowest BCUT2D eigenvalue weighted by atomic mass is 10.1. The minimum Gasteiger partial charge on any atom is -0.496 e. The van der Waals surface area contributed by atoms with E-state index >= 15 is 0 Å². The molecule has 0 fully saturated rings. The highest BCUT2D eigenvalue weighted by molar-refractivity contribution is 6.03. The number of amides is 1. The summed E-state index contributed by atoms with van der Waals surface area (Å²) in [6.07, 6.45) is 0.779. The Labute approximate surface area is 138 Å². The van der Waals surface area contributed by atoms with Gasteiger partial charge in [0.05, 0.1) is 18.2 Å². The molecule has 0 aliphatic rings. The second-order valence-corrected chi connectivity index (χ2v) is 5.04. The smallest absolute Gasteiger partial charge is 0.252 e. The number of methoxy groups -OCH3 is 1. The number of carbonyl (C=O) groups is 1. The molecule has 0 bridgehead atoms. The van der Waals surface area contributed by atoms with Crippen LogP contribution in [0.1, 0.15) is 16.8 Å². The number of hydrogen-bond donors (Lipinski definition) is 2. The first-order valence-electron chi connectivity index (χ1n) is 7.17. The number of rotatable bonds is 6. The molecule has 0 saturated heterocycles. The summed E-state index contributed by atoms with van der Waals surface area (Å²) >= 11 is 0. The Bertz CT molecular complexity index is 816. The minimum atomic E-state index is -0.758. The van der Waals surface area contributed by atoms with E-state index in [4.69, 9.17) is 21.7 Å². The van der Waals surface area contributed by atoms with Crippen LogP contribution in [0.5, 0.6) is 5.75 Å². The molecule has 24 heavy (non-hydrogen) atoms. The number of nitrogens with two attached hydrogens (primary N) is 2. The molecule has 0 radical (unpaired) electrons. The van der Waals surface area contributed by atoms with Gasteiger partial charge in [-0.05, 0) is 35.7 Å². The van der Waals surface area contributed by atoms with Crippen molar-refractivity contribution in [1.29, 1.82) is 0 Å². The Balaban J connectivity index is 2.58. The highest BCUT2D eigenvalue weighted by atomic mass is 16.5. The molecular weight excluding hydrogens is 312 g/mol. The lowest BCUT2D eigenvalue weighted by molar-refractivity contribution is 0.0997. The largest absolute Gasteiger partial charge is 0.496 e.